The molecule has 194 valence electrons. The standard InChI is InChI=1S/C31H29FN2O3S/c1-20(2)25-13-8-21(3)16-28(25)37-15-14-34-30(35)29(38-31(34)36)17-23-19-33(27-7-5-4-6-26(23)27)18-22-9-11-24(32)12-10-22/h4-13,16-17,19-20H,14-15,18H2,1-3H3/b29-17-. The van der Waals surface area contributed by atoms with E-state index in [1.54, 1.807) is 18.2 Å². The average molecular weight is 529 g/mol. The predicted octanol–water partition coefficient (Wildman–Crippen LogP) is 7.38. The number of benzene rings is 3. The molecule has 0 N–H and O–H groups in total. The summed E-state index contributed by atoms with van der Waals surface area (Å²) in [6.07, 6.45) is 3.75. The van der Waals surface area contributed by atoms with Crippen LogP contribution in [0.4, 0.5) is 9.18 Å². The molecule has 0 spiro atoms. The van der Waals surface area contributed by atoms with E-state index in [4.69, 9.17) is 4.74 Å². The van der Waals surface area contributed by atoms with Crippen molar-refractivity contribution in [2.24, 2.45) is 0 Å². The first-order valence-electron chi connectivity index (χ1n) is 12.6. The summed E-state index contributed by atoms with van der Waals surface area (Å²) < 4.78 is 21.4. The lowest BCUT2D eigenvalue weighted by Crippen LogP contribution is -2.32. The molecule has 0 atom stereocenters. The number of halogens is 1. The molecule has 2 heterocycles. The first kappa shape index (κ1) is 25.8. The van der Waals surface area contributed by atoms with Gasteiger partial charge in [-0.05, 0) is 71.6 Å². The average Bonchev–Trinajstić information content (AvgIpc) is 3.37. The number of imide groups is 1. The molecule has 7 heteroatoms. The van der Waals surface area contributed by atoms with Gasteiger partial charge in [-0.15, -0.1) is 0 Å². The highest BCUT2D eigenvalue weighted by Gasteiger charge is 2.35. The normalized spacial score (nSPS) is 14.9. The quantitative estimate of drug-likeness (QED) is 0.224. The van der Waals surface area contributed by atoms with Crippen LogP contribution in [0.1, 0.15) is 42.0 Å². The Bertz CT molecular complexity index is 1540. The molecule has 1 aromatic heterocycles. The molecular formula is C31H29FN2O3S. The van der Waals surface area contributed by atoms with Crippen molar-refractivity contribution in [1.82, 2.24) is 9.47 Å². The Balaban J connectivity index is 1.33. The molecule has 0 saturated carbocycles. The Labute approximate surface area is 225 Å². The van der Waals surface area contributed by atoms with Crippen molar-refractivity contribution in [2.75, 3.05) is 13.2 Å². The fraction of sp³-hybridized carbons (Fsp3) is 0.226. The van der Waals surface area contributed by atoms with Crippen LogP contribution in [-0.4, -0.2) is 33.8 Å². The van der Waals surface area contributed by atoms with E-state index in [1.165, 1.54) is 17.0 Å². The number of hydrogen-bond donors (Lipinski definition) is 0. The Morgan fingerprint density at radius 3 is 2.55 bits per heavy atom. The summed E-state index contributed by atoms with van der Waals surface area (Å²) in [6, 6.07) is 20.4. The van der Waals surface area contributed by atoms with Crippen LogP contribution in [0.2, 0.25) is 0 Å². The molecule has 5 nitrogen and oxygen atoms in total. The highest BCUT2D eigenvalue weighted by molar-refractivity contribution is 8.18. The van der Waals surface area contributed by atoms with Crippen molar-refractivity contribution < 1.29 is 18.7 Å². The maximum atomic E-state index is 13.4. The lowest BCUT2D eigenvalue weighted by molar-refractivity contribution is -0.123. The van der Waals surface area contributed by atoms with E-state index in [0.29, 0.717) is 17.4 Å². The van der Waals surface area contributed by atoms with Crippen LogP contribution in [-0.2, 0) is 11.3 Å². The Morgan fingerprint density at radius 2 is 1.79 bits per heavy atom. The summed E-state index contributed by atoms with van der Waals surface area (Å²) in [4.78, 5) is 27.5. The molecule has 5 rings (SSSR count). The lowest BCUT2D eigenvalue weighted by Gasteiger charge is -2.17. The van der Waals surface area contributed by atoms with Crippen LogP contribution in [0.5, 0.6) is 5.75 Å². The summed E-state index contributed by atoms with van der Waals surface area (Å²) in [6.45, 7) is 7.19. The summed E-state index contributed by atoms with van der Waals surface area (Å²) in [5.41, 5.74) is 5.01. The monoisotopic (exact) mass is 528 g/mol. The minimum Gasteiger partial charge on any atom is -0.491 e. The minimum absolute atomic E-state index is 0.180. The number of para-hydroxylation sites is 1. The third-order valence-corrected chi connectivity index (χ3v) is 7.52. The van der Waals surface area contributed by atoms with Crippen LogP contribution in [0, 0.1) is 12.7 Å². The second-order valence-corrected chi connectivity index (χ2v) is 10.7. The predicted molar refractivity (Wildman–Crippen MR) is 151 cm³/mol. The molecule has 38 heavy (non-hydrogen) atoms. The van der Waals surface area contributed by atoms with E-state index in [-0.39, 0.29) is 30.1 Å². The van der Waals surface area contributed by atoms with Gasteiger partial charge in [-0.1, -0.05) is 56.3 Å². The van der Waals surface area contributed by atoms with Crippen LogP contribution in [0.15, 0.2) is 77.8 Å². The zero-order valence-electron chi connectivity index (χ0n) is 21.6. The van der Waals surface area contributed by atoms with Gasteiger partial charge in [0.15, 0.2) is 0 Å². The van der Waals surface area contributed by atoms with Crippen LogP contribution in [0.25, 0.3) is 17.0 Å². The number of nitrogens with zero attached hydrogens (tertiary/aromatic N) is 2. The van der Waals surface area contributed by atoms with Crippen LogP contribution >= 0.6 is 11.8 Å². The lowest BCUT2D eigenvalue weighted by atomic mass is 10.0. The van der Waals surface area contributed by atoms with E-state index in [2.05, 4.69) is 30.5 Å². The van der Waals surface area contributed by atoms with Crippen molar-refractivity contribution in [1.29, 1.82) is 0 Å². The molecular weight excluding hydrogens is 499 g/mol. The molecule has 0 unspecified atom stereocenters. The van der Waals surface area contributed by atoms with E-state index < -0.39 is 0 Å². The number of hydrogen-bond acceptors (Lipinski definition) is 4. The van der Waals surface area contributed by atoms with Gasteiger partial charge in [0, 0.05) is 29.2 Å². The molecule has 1 saturated heterocycles. The number of fused-ring (bicyclic) bond motifs is 1. The van der Waals surface area contributed by atoms with Crippen molar-refractivity contribution in [3.05, 3.63) is 106 Å². The summed E-state index contributed by atoms with van der Waals surface area (Å²) >= 11 is 0.949. The largest absolute Gasteiger partial charge is 0.491 e. The molecule has 1 aliphatic rings. The van der Waals surface area contributed by atoms with Crippen molar-refractivity contribution in [3.63, 3.8) is 0 Å². The van der Waals surface area contributed by atoms with Gasteiger partial charge in [0.25, 0.3) is 11.1 Å². The molecule has 1 fully saturated rings. The molecule has 0 radical (unpaired) electrons. The number of ether oxygens (including phenoxy) is 1. The van der Waals surface area contributed by atoms with Gasteiger partial charge >= 0.3 is 0 Å². The smallest absolute Gasteiger partial charge is 0.293 e. The summed E-state index contributed by atoms with van der Waals surface area (Å²) in [5.74, 6) is 0.506. The van der Waals surface area contributed by atoms with Gasteiger partial charge in [-0.25, -0.2) is 4.39 Å². The second kappa shape index (κ2) is 10.9. The molecule has 0 bridgehead atoms. The molecule has 0 aliphatic carbocycles. The first-order valence-corrected chi connectivity index (χ1v) is 13.4. The van der Waals surface area contributed by atoms with E-state index >= 15 is 0 Å². The van der Waals surface area contributed by atoms with Crippen LogP contribution < -0.4 is 4.74 Å². The fourth-order valence-corrected chi connectivity index (χ4v) is 5.49. The Hall–Kier alpha value is -3.84. The number of thioether (sulfide) groups is 1. The van der Waals surface area contributed by atoms with E-state index in [9.17, 15) is 14.0 Å². The number of amides is 2. The van der Waals surface area contributed by atoms with Gasteiger partial charge in [-0.3, -0.25) is 14.5 Å². The van der Waals surface area contributed by atoms with Crippen LogP contribution in [0.3, 0.4) is 0 Å². The SMILES string of the molecule is Cc1ccc(C(C)C)c(OCCN2C(=O)S/C(=C\c3cn(Cc4ccc(F)cc4)c4ccccc34)C2=O)c1. The van der Waals surface area contributed by atoms with Crippen molar-refractivity contribution >= 4 is 39.9 Å². The van der Waals surface area contributed by atoms with Crippen molar-refractivity contribution in [2.45, 2.75) is 33.2 Å². The van der Waals surface area contributed by atoms with E-state index in [1.807, 2.05) is 43.5 Å². The van der Waals surface area contributed by atoms with E-state index in [0.717, 1.165) is 50.7 Å². The summed E-state index contributed by atoms with van der Waals surface area (Å²) in [7, 11) is 0. The second-order valence-electron chi connectivity index (χ2n) is 9.73. The van der Waals surface area contributed by atoms with Gasteiger partial charge < -0.3 is 9.30 Å². The summed E-state index contributed by atoms with van der Waals surface area (Å²) in [5, 5.41) is 0.679. The number of rotatable bonds is 8. The molecule has 4 aromatic rings. The number of carbonyl (C=O) groups is 2. The third-order valence-electron chi connectivity index (χ3n) is 6.61. The Morgan fingerprint density at radius 1 is 1.03 bits per heavy atom. The topological polar surface area (TPSA) is 51.5 Å². The van der Waals surface area contributed by atoms with Gasteiger partial charge in [-0.2, -0.15) is 0 Å². The van der Waals surface area contributed by atoms with Gasteiger partial charge in [0.1, 0.15) is 18.2 Å². The molecule has 1 aliphatic heterocycles. The maximum absolute atomic E-state index is 13.4. The number of aryl methyl sites for hydroxylation is 1. The molecule has 2 amide bonds. The zero-order valence-corrected chi connectivity index (χ0v) is 22.4. The Kier molecular flexibility index (Phi) is 7.38. The van der Waals surface area contributed by atoms with Gasteiger partial charge in [0.2, 0.25) is 0 Å². The maximum Gasteiger partial charge on any atom is 0.293 e. The molecule has 3 aromatic carbocycles. The zero-order chi connectivity index (χ0) is 26.8. The minimum atomic E-state index is -0.313. The number of carbonyl (C=O) groups excluding carboxylic acids is 2. The third kappa shape index (κ3) is 5.38. The fourth-order valence-electron chi connectivity index (χ4n) is 4.63. The number of aromatic nitrogens is 1. The highest BCUT2D eigenvalue weighted by atomic mass is 32.2. The van der Waals surface area contributed by atoms with Crippen molar-refractivity contribution in [3.8, 4) is 5.75 Å². The van der Waals surface area contributed by atoms with Gasteiger partial charge in [0.05, 0.1) is 11.4 Å². The highest BCUT2D eigenvalue weighted by Crippen LogP contribution is 2.34. The first-order chi connectivity index (χ1) is 18.3.